The van der Waals surface area contributed by atoms with Crippen LogP contribution >= 0.6 is 0 Å². The highest BCUT2D eigenvalue weighted by Crippen LogP contribution is 2.15. The summed E-state index contributed by atoms with van der Waals surface area (Å²) < 4.78 is 6.72. The van der Waals surface area contributed by atoms with E-state index >= 15 is 0 Å². The summed E-state index contributed by atoms with van der Waals surface area (Å²) in [7, 11) is 0. The van der Waals surface area contributed by atoms with Gasteiger partial charge in [-0.2, -0.15) is 5.10 Å². The quantitative estimate of drug-likeness (QED) is 0.677. The lowest BCUT2D eigenvalue weighted by atomic mass is 10.1. The molecule has 0 radical (unpaired) electrons. The van der Waals surface area contributed by atoms with Gasteiger partial charge in [0.2, 0.25) is 0 Å². The summed E-state index contributed by atoms with van der Waals surface area (Å²) in [5.74, 6) is -0.166. The molecular weight excluding hydrogens is 362 g/mol. The Morgan fingerprint density at radius 3 is 3.07 bits per heavy atom. The van der Waals surface area contributed by atoms with Crippen molar-refractivity contribution in [3.63, 3.8) is 0 Å². The van der Waals surface area contributed by atoms with E-state index in [2.05, 4.69) is 15.4 Å². The highest BCUT2D eigenvalue weighted by Gasteiger charge is 2.27. The molecule has 1 aliphatic rings. The fourth-order valence-electron chi connectivity index (χ4n) is 3.38. The molecule has 1 saturated heterocycles. The van der Waals surface area contributed by atoms with Crippen LogP contribution in [0.4, 0.5) is 0 Å². The van der Waals surface area contributed by atoms with Crippen molar-refractivity contribution in [1.29, 1.82) is 0 Å². The van der Waals surface area contributed by atoms with Crippen molar-refractivity contribution in [3.8, 4) is 0 Å². The van der Waals surface area contributed by atoms with E-state index in [1.165, 1.54) is 10.8 Å². The summed E-state index contributed by atoms with van der Waals surface area (Å²) in [5, 5.41) is 16.3. The van der Waals surface area contributed by atoms with Crippen LogP contribution in [-0.2, 0) is 6.42 Å². The molecule has 2 N–H and O–H groups in total. The van der Waals surface area contributed by atoms with E-state index in [1.807, 2.05) is 0 Å². The van der Waals surface area contributed by atoms with Crippen LogP contribution < -0.4 is 5.32 Å². The Bertz CT molecular complexity index is 982. The molecule has 146 valence electrons. The summed E-state index contributed by atoms with van der Waals surface area (Å²) in [6, 6.07) is 4.79. The maximum absolute atomic E-state index is 12.6. The number of piperidine rings is 1. The number of carbonyl (C=O) groups excluding carboxylic acids is 2. The molecule has 1 fully saturated rings. The van der Waals surface area contributed by atoms with E-state index in [-0.39, 0.29) is 30.2 Å². The number of likely N-dealkylation sites (tertiary alicyclic amines) is 1. The predicted octanol–water partition coefficient (Wildman–Crippen LogP) is 0.892. The zero-order chi connectivity index (χ0) is 19.5. The summed E-state index contributed by atoms with van der Waals surface area (Å²) in [5.41, 5.74) is 1.66. The first-order chi connectivity index (χ1) is 13.6. The van der Waals surface area contributed by atoms with Crippen molar-refractivity contribution in [2.24, 2.45) is 0 Å². The topological polar surface area (TPSA) is 113 Å². The van der Waals surface area contributed by atoms with Crippen LogP contribution in [0.1, 0.15) is 39.4 Å². The van der Waals surface area contributed by atoms with Crippen LogP contribution in [0.15, 0.2) is 41.3 Å². The maximum atomic E-state index is 12.6. The van der Waals surface area contributed by atoms with Crippen LogP contribution in [0.25, 0.3) is 5.65 Å². The van der Waals surface area contributed by atoms with Gasteiger partial charge in [-0.3, -0.25) is 9.59 Å². The fourth-order valence-corrected chi connectivity index (χ4v) is 3.38. The van der Waals surface area contributed by atoms with Crippen LogP contribution in [0, 0.1) is 0 Å². The highest BCUT2D eigenvalue weighted by molar-refractivity contribution is 5.94. The predicted molar refractivity (Wildman–Crippen MR) is 98.9 cm³/mol. The van der Waals surface area contributed by atoms with Crippen molar-refractivity contribution in [2.45, 2.75) is 25.3 Å². The average Bonchev–Trinajstić information content (AvgIpc) is 3.37. The molecule has 4 rings (SSSR count). The van der Waals surface area contributed by atoms with Gasteiger partial charge in [0, 0.05) is 44.2 Å². The number of nitrogens with zero attached hydrogens (tertiary/aromatic N) is 4. The van der Waals surface area contributed by atoms with Crippen LogP contribution in [-0.4, -0.2) is 62.2 Å². The third-order valence-corrected chi connectivity index (χ3v) is 4.78. The first kappa shape index (κ1) is 18.2. The summed E-state index contributed by atoms with van der Waals surface area (Å²) in [6.45, 7) is 1.09. The Morgan fingerprint density at radius 2 is 2.29 bits per heavy atom. The van der Waals surface area contributed by atoms with Crippen molar-refractivity contribution in [1.82, 2.24) is 24.8 Å². The molecule has 0 bridgehead atoms. The molecule has 28 heavy (non-hydrogen) atoms. The van der Waals surface area contributed by atoms with Gasteiger partial charge < -0.3 is 19.7 Å². The van der Waals surface area contributed by atoms with Gasteiger partial charge in [-0.15, -0.1) is 0 Å². The number of hydrogen-bond acceptors (Lipinski definition) is 6. The zero-order valence-electron chi connectivity index (χ0n) is 15.2. The molecule has 0 unspecified atom stereocenters. The van der Waals surface area contributed by atoms with E-state index in [9.17, 15) is 9.59 Å². The number of aliphatic hydroxyl groups is 1. The number of aromatic nitrogens is 3. The first-order valence-electron chi connectivity index (χ1n) is 9.23. The number of hydrogen-bond donors (Lipinski definition) is 2. The molecule has 4 heterocycles. The minimum Gasteiger partial charge on any atom is -0.459 e. The Labute approximate surface area is 161 Å². The number of nitrogens with one attached hydrogen (secondary N) is 1. The zero-order valence-corrected chi connectivity index (χ0v) is 15.2. The molecule has 0 spiro atoms. The maximum Gasteiger partial charge on any atom is 0.289 e. The molecule has 9 heteroatoms. The Hall–Kier alpha value is -3.20. The van der Waals surface area contributed by atoms with E-state index in [1.54, 1.807) is 35.5 Å². The lowest BCUT2D eigenvalue weighted by Crippen LogP contribution is -2.49. The second kappa shape index (κ2) is 7.81. The largest absolute Gasteiger partial charge is 0.459 e. The Kier molecular flexibility index (Phi) is 5.07. The van der Waals surface area contributed by atoms with Gasteiger partial charge in [-0.25, -0.2) is 9.50 Å². The molecule has 3 aromatic heterocycles. The van der Waals surface area contributed by atoms with Gasteiger partial charge in [0.25, 0.3) is 11.8 Å². The minimum absolute atomic E-state index is 0.0245. The van der Waals surface area contributed by atoms with E-state index < -0.39 is 0 Å². The number of aliphatic hydroxyl groups excluding tert-OH is 1. The van der Waals surface area contributed by atoms with E-state index in [0.717, 1.165) is 18.4 Å². The summed E-state index contributed by atoms with van der Waals surface area (Å²) >= 11 is 0. The smallest absolute Gasteiger partial charge is 0.289 e. The molecular formula is C19H21N5O4. The van der Waals surface area contributed by atoms with Crippen LogP contribution in [0.3, 0.4) is 0 Å². The number of rotatable bonds is 5. The lowest BCUT2D eigenvalue weighted by molar-refractivity contribution is 0.0646. The molecule has 2 amide bonds. The number of amides is 2. The lowest BCUT2D eigenvalue weighted by Gasteiger charge is -2.32. The van der Waals surface area contributed by atoms with Gasteiger partial charge in [0.05, 0.1) is 6.26 Å². The first-order valence-corrected chi connectivity index (χ1v) is 9.23. The molecule has 3 aromatic rings. The van der Waals surface area contributed by atoms with Crippen molar-refractivity contribution in [2.75, 3.05) is 19.7 Å². The van der Waals surface area contributed by atoms with E-state index in [0.29, 0.717) is 30.9 Å². The minimum atomic E-state index is -0.300. The molecule has 0 aromatic carbocycles. The highest BCUT2D eigenvalue weighted by atomic mass is 16.3. The molecule has 1 aliphatic heterocycles. The van der Waals surface area contributed by atoms with Crippen LogP contribution in [0.2, 0.25) is 0 Å². The normalized spacial score (nSPS) is 17.0. The Morgan fingerprint density at radius 1 is 1.39 bits per heavy atom. The number of fused-ring (bicyclic) bond motifs is 1. The third kappa shape index (κ3) is 3.74. The van der Waals surface area contributed by atoms with Gasteiger partial charge in [0.1, 0.15) is 0 Å². The summed E-state index contributed by atoms with van der Waals surface area (Å²) in [6.07, 6.45) is 6.95. The summed E-state index contributed by atoms with van der Waals surface area (Å²) in [4.78, 5) is 31.0. The SMILES string of the molecule is O=C(N[C@@H]1CCCN(C(=O)c2ccco2)C1)c1cc2ncc(CCO)cn2n1. The number of carbonyl (C=O) groups is 2. The van der Waals surface area contributed by atoms with Gasteiger partial charge in [-0.05, 0) is 37.0 Å². The molecule has 0 aliphatic carbocycles. The molecule has 0 saturated carbocycles. The second-order valence-corrected chi connectivity index (χ2v) is 6.81. The fraction of sp³-hybridized carbons (Fsp3) is 0.368. The third-order valence-electron chi connectivity index (χ3n) is 4.78. The average molecular weight is 383 g/mol. The number of furan rings is 1. The van der Waals surface area contributed by atoms with Crippen molar-refractivity contribution >= 4 is 17.5 Å². The monoisotopic (exact) mass is 383 g/mol. The molecule has 9 nitrogen and oxygen atoms in total. The van der Waals surface area contributed by atoms with Gasteiger partial charge in [-0.1, -0.05) is 0 Å². The van der Waals surface area contributed by atoms with Gasteiger partial charge >= 0.3 is 0 Å². The molecule has 1 atom stereocenters. The standard InChI is InChI=1S/C19H21N5O4/c25-7-5-13-10-20-17-9-15(22-24(17)11-13)18(26)21-14-3-1-6-23(12-14)19(27)16-4-2-8-28-16/h2,4,8-11,14,25H,1,3,5-7,12H2,(H,21,26)/t14-/m1/s1. The van der Waals surface area contributed by atoms with Crippen LogP contribution in [0.5, 0.6) is 0 Å². The Balaban J connectivity index is 1.42. The second-order valence-electron chi connectivity index (χ2n) is 6.81. The van der Waals surface area contributed by atoms with Crippen molar-refractivity contribution in [3.05, 3.63) is 53.9 Å². The van der Waals surface area contributed by atoms with Crippen molar-refractivity contribution < 1.29 is 19.1 Å². The van der Waals surface area contributed by atoms with Gasteiger partial charge in [0.15, 0.2) is 17.1 Å². The van der Waals surface area contributed by atoms with E-state index in [4.69, 9.17) is 9.52 Å².